The molecule has 2 amide bonds. The van der Waals surface area contributed by atoms with Gasteiger partial charge in [-0.3, -0.25) is 14.5 Å². The van der Waals surface area contributed by atoms with Crippen LogP contribution in [-0.2, 0) is 4.79 Å². The van der Waals surface area contributed by atoms with E-state index in [1.807, 2.05) is 53.2 Å². The number of thiophene rings is 1. The van der Waals surface area contributed by atoms with Crippen LogP contribution >= 0.6 is 22.7 Å². The molecule has 39 heavy (non-hydrogen) atoms. The molecule has 1 aromatic carbocycles. The van der Waals surface area contributed by atoms with E-state index in [4.69, 9.17) is 14.6 Å². The van der Waals surface area contributed by atoms with E-state index in [0.29, 0.717) is 22.9 Å². The number of likely N-dealkylation sites (tertiary alicyclic amines) is 1. The number of hydrogen-bond donors (Lipinski definition) is 3. The van der Waals surface area contributed by atoms with Gasteiger partial charge < -0.3 is 20.3 Å². The molecule has 0 bridgehead atoms. The van der Waals surface area contributed by atoms with Crippen LogP contribution in [0.5, 0.6) is 0 Å². The van der Waals surface area contributed by atoms with Crippen LogP contribution in [-0.4, -0.2) is 70.8 Å². The Balaban J connectivity index is 1.17. The van der Waals surface area contributed by atoms with Gasteiger partial charge in [-0.15, -0.1) is 22.7 Å². The molecule has 11 heteroatoms. The summed E-state index contributed by atoms with van der Waals surface area (Å²) in [5.41, 5.74) is 3.20. The zero-order chi connectivity index (χ0) is 27.0. The summed E-state index contributed by atoms with van der Waals surface area (Å²) in [6.07, 6.45) is 3.65. The van der Waals surface area contributed by atoms with Crippen molar-refractivity contribution in [1.29, 1.82) is 0 Å². The van der Waals surface area contributed by atoms with Crippen molar-refractivity contribution in [2.45, 2.75) is 31.7 Å². The SMILES string of the molecule is O=C(NCCCN1CCCCC1C(=O)NCCO)c1sccc1-c1nc(-c2cc(-c3ccccc3)no2)cs1. The van der Waals surface area contributed by atoms with Crippen LogP contribution in [0.25, 0.3) is 33.3 Å². The predicted molar refractivity (Wildman–Crippen MR) is 153 cm³/mol. The Labute approximate surface area is 234 Å². The smallest absolute Gasteiger partial charge is 0.262 e. The minimum atomic E-state index is -0.169. The maximum Gasteiger partial charge on any atom is 0.262 e. The number of rotatable bonds is 11. The number of benzene rings is 1. The maximum absolute atomic E-state index is 13.0. The topological polar surface area (TPSA) is 121 Å². The number of thiazole rings is 1. The standard InChI is InChI=1S/C28H31N5O4S2/c34-15-12-30-26(35)23-9-4-5-13-33(23)14-6-11-29-27(36)25-20(10-16-38-25)28-31-22(18-39-28)24-17-21(32-37-24)19-7-2-1-3-8-19/h1-3,7-8,10,16-18,23,34H,4-6,9,11-15H2,(H,29,36)(H,30,35). The van der Waals surface area contributed by atoms with Crippen LogP contribution in [0.2, 0.25) is 0 Å². The first-order valence-corrected chi connectivity index (χ1v) is 14.9. The van der Waals surface area contributed by atoms with Crippen molar-refractivity contribution in [3.8, 4) is 33.3 Å². The van der Waals surface area contributed by atoms with Crippen molar-refractivity contribution < 1.29 is 19.2 Å². The molecule has 4 heterocycles. The summed E-state index contributed by atoms with van der Waals surface area (Å²) in [6.45, 7) is 2.32. The van der Waals surface area contributed by atoms with Crippen molar-refractivity contribution >= 4 is 34.5 Å². The van der Waals surface area contributed by atoms with E-state index in [-0.39, 0.29) is 31.0 Å². The van der Waals surface area contributed by atoms with E-state index in [1.54, 1.807) is 0 Å². The predicted octanol–water partition coefficient (Wildman–Crippen LogP) is 4.28. The number of aliphatic hydroxyl groups excluding tert-OH is 1. The number of nitrogens with one attached hydrogen (secondary N) is 2. The van der Waals surface area contributed by atoms with Crippen LogP contribution in [0.3, 0.4) is 0 Å². The highest BCUT2D eigenvalue weighted by Gasteiger charge is 2.28. The fraction of sp³-hybridized carbons (Fsp3) is 0.357. The third kappa shape index (κ3) is 6.62. The highest BCUT2D eigenvalue weighted by molar-refractivity contribution is 7.15. The lowest BCUT2D eigenvalue weighted by molar-refractivity contribution is -0.127. The number of carbonyl (C=O) groups excluding carboxylic acids is 2. The second-order valence-electron chi connectivity index (χ2n) is 9.32. The summed E-state index contributed by atoms with van der Waals surface area (Å²) in [5.74, 6) is 0.428. The molecule has 0 saturated carbocycles. The molecule has 5 rings (SSSR count). The van der Waals surface area contributed by atoms with Gasteiger partial charge in [0.2, 0.25) is 5.91 Å². The summed E-state index contributed by atoms with van der Waals surface area (Å²) < 4.78 is 5.55. The van der Waals surface area contributed by atoms with E-state index >= 15 is 0 Å². The second-order valence-corrected chi connectivity index (χ2v) is 11.1. The Morgan fingerprint density at radius 2 is 1.95 bits per heavy atom. The molecule has 3 aromatic heterocycles. The number of aliphatic hydroxyl groups is 1. The Hall–Kier alpha value is -3.38. The molecule has 4 aromatic rings. The van der Waals surface area contributed by atoms with Gasteiger partial charge in [-0.05, 0) is 37.3 Å². The van der Waals surface area contributed by atoms with Crippen molar-refractivity contribution in [2.75, 3.05) is 32.8 Å². The number of piperidine rings is 1. The van der Waals surface area contributed by atoms with Crippen molar-refractivity contribution in [2.24, 2.45) is 0 Å². The van der Waals surface area contributed by atoms with Gasteiger partial charge in [0.1, 0.15) is 21.3 Å². The molecular formula is C28H31N5O4S2. The Morgan fingerprint density at radius 1 is 1.08 bits per heavy atom. The number of hydrogen-bond acceptors (Lipinski definition) is 9. The van der Waals surface area contributed by atoms with Gasteiger partial charge >= 0.3 is 0 Å². The minimum Gasteiger partial charge on any atom is -0.395 e. The zero-order valence-electron chi connectivity index (χ0n) is 21.5. The van der Waals surface area contributed by atoms with Gasteiger partial charge in [0.15, 0.2) is 5.76 Å². The second kappa shape index (κ2) is 13.1. The fourth-order valence-corrected chi connectivity index (χ4v) is 6.44. The minimum absolute atomic E-state index is 0.0274. The number of nitrogens with zero attached hydrogens (tertiary/aromatic N) is 3. The van der Waals surface area contributed by atoms with Crippen LogP contribution in [0.4, 0.5) is 0 Å². The van der Waals surface area contributed by atoms with Crippen LogP contribution in [0.1, 0.15) is 35.4 Å². The molecule has 0 aliphatic carbocycles. The summed E-state index contributed by atoms with van der Waals surface area (Å²) in [7, 11) is 0. The Bertz CT molecular complexity index is 1380. The highest BCUT2D eigenvalue weighted by Crippen LogP contribution is 2.34. The van der Waals surface area contributed by atoms with Gasteiger partial charge in [0.05, 0.1) is 12.6 Å². The molecule has 1 aliphatic rings. The summed E-state index contributed by atoms with van der Waals surface area (Å²) in [5, 5.41) is 23.5. The molecular weight excluding hydrogens is 534 g/mol. The van der Waals surface area contributed by atoms with E-state index in [0.717, 1.165) is 60.6 Å². The lowest BCUT2D eigenvalue weighted by Crippen LogP contribution is -2.50. The molecule has 1 unspecified atom stereocenters. The zero-order valence-corrected chi connectivity index (χ0v) is 23.1. The summed E-state index contributed by atoms with van der Waals surface area (Å²) in [4.78, 5) is 33.0. The monoisotopic (exact) mass is 565 g/mol. The molecule has 1 saturated heterocycles. The molecule has 1 fully saturated rings. The normalized spacial score (nSPS) is 15.8. The lowest BCUT2D eigenvalue weighted by atomic mass is 10.0. The first-order valence-electron chi connectivity index (χ1n) is 13.1. The number of aromatic nitrogens is 2. The largest absolute Gasteiger partial charge is 0.395 e. The van der Waals surface area contributed by atoms with Crippen LogP contribution in [0.15, 0.2) is 57.7 Å². The summed E-state index contributed by atoms with van der Waals surface area (Å²) in [6, 6.07) is 13.4. The van der Waals surface area contributed by atoms with Crippen LogP contribution < -0.4 is 10.6 Å². The summed E-state index contributed by atoms with van der Waals surface area (Å²) >= 11 is 2.85. The molecule has 1 aliphatic heterocycles. The average Bonchev–Trinajstić information content (AvgIpc) is 3.75. The average molecular weight is 566 g/mol. The van der Waals surface area contributed by atoms with E-state index in [9.17, 15) is 9.59 Å². The van der Waals surface area contributed by atoms with Crippen molar-refractivity contribution in [3.63, 3.8) is 0 Å². The van der Waals surface area contributed by atoms with E-state index < -0.39 is 0 Å². The van der Waals surface area contributed by atoms with Crippen molar-refractivity contribution in [1.82, 2.24) is 25.7 Å². The van der Waals surface area contributed by atoms with E-state index in [2.05, 4.69) is 20.7 Å². The van der Waals surface area contributed by atoms with Crippen molar-refractivity contribution in [3.05, 3.63) is 58.1 Å². The number of carbonyl (C=O) groups is 2. The Morgan fingerprint density at radius 3 is 2.79 bits per heavy atom. The first kappa shape index (κ1) is 27.2. The lowest BCUT2D eigenvalue weighted by Gasteiger charge is -2.34. The highest BCUT2D eigenvalue weighted by atomic mass is 32.1. The van der Waals surface area contributed by atoms with Gasteiger partial charge in [-0.1, -0.05) is 41.9 Å². The molecule has 0 radical (unpaired) electrons. The quantitative estimate of drug-likeness (QED) is 0.232. The molecule has 9 nitrogen and oxygen atoms in total. The van der Waals surface area contributed by atoms with Gasteiger partial charge in [-0.25, -0.2) is 4.98 Å². The van der Waals surface area contributed by atoms with Gasteiger partial charge in [0.25, 0.3) is 5.91 Å². The third-order valence-electron chi connectivity index (χ3n) is 6.67. The van der Waals surface area contributed by atoms with Gasteiger partial charge in [-0.2, -0.15) is 0 Å². The third-order valence-corrected chi connectivity index (χ3v) is 8.46. The molecule has 1 atom stereocenters. The fourth-order valence-electron chi connectivity index (χ4n) is 4.72. The van der Waals surface area contributed by atoms with Crippen LogP contribution in [0, 0.1) is 0 Å². The molecule has 204 valence electrons. The Kier molecular flexibility index (Phi) is 9.15. The van der Waals surface area contributed by atoms with Gasteiger partial charge in [0, 0.05) is 42.2 Å². The molecule has 0 spiro atoms. The number of amides is 2. The molecule has 3 N–H and O–H groups in total. The van der Waals surface area contributed by atoms with E-state index in [1.165, 1.54) is 22.7 Å². The first-order chi connectivity index (χ1) is 19.1. The maximum atomic E-state index is 13.0.